The lowest BCUT2D eigenvalue weighted by Crippen LogP contribution is -1.95. The molecule has 0 amide bonds. The van der Waals surface area contributed by atoms with Gasteiger partial charge >= 0.3 is 0 Å². The highest BCUT2D eigenvalue weighted by Crippen LogP contribution is 2.32. The van der Waals surface area contributed by atoms with Crippen LogP contribution in [0.25, 0.3) is 11.5 Å². The van der Waals surface area contributed by atoms with Crippen LogP contribution >= 0.6 is 0 Å². The van der Waals surface area contributed by atoms with Gasteiger partial charge in [0.1, 0.15) is 11.5 Å². The van der Waals surface area contributed by atoms with Crippen molar-refractivity contribution in [3.63, 3.8) is 0 Å². The lowest BCUT2D eigenvalue weighted by molar-refractivity contribution is 0.338. The maximum Gasteiger partial charge on any atom is 0.263 e. The molecule has 6 nitrogen and oxygen atoms in total. The second-order valence-corrected chi connectivity index (χ2v) is 3.25. The summed E-state index contributed by atoms with van der Waals surface area (Å²) in [4.78, 5) is 3.96. The van der Waals surface area contributed by atoms with Crippen LogP contribution in [0.15, 0.2) is 22.7 Å². The van der Waals surface area contributed by atoms with Crippen LogP contribution in [0.1, 0.15) is 6.92 Å². The first kappa shape index (κ1) is 11.3. The van der Waals surface area contributed by atoms with Gasteiger partial charge in [-0.3, -0.25) is 0 Å². The second kappa shape index (κ2) is 4.73. The summed E-state index contributed by atoms with van der Waals surface area (Å²) in [6.45, 7) is 2.44. The molecule has 0 bridgehead atoms. The van der Waals surface area contributed by atoms with Gasteiger partial charge in [0.25, 0.3) is 11.8 Å². The third-order valence-electron chi connectivity index (χ3n) is 2.16. The number of hydrogen-bond donors (Lipinski definition) is 1. The van der Waals surface area contributed by atoms with E-state index in [9.17, 15) is 0 Å². The molecule has 0 unspecified atom stereocenters. The summed E-state index contributed by atoms with van der Waals surface area (Å²) in [7, 11) is 1.58. The summed E-state index contributed by atoms with van der Waals surface area (Å²) < 4.78 is 15.6. The minimum atomic E-state index is 0.0882. The zero-order chi connectivity index (χ0) is 12.3. The van der Waals surface area contributed by atoms with Crippen molar-refractivity contribution in [3.8, 4) is 23.0 Å². The Morgan fingerprint density at radius 3 is 2.82 bits per heavy atom. The van der Waals surface area contributed by atoms with Crippen molar-refractivity contribution in [2.24, 2.45) is 0 Å². The minimum Gasteiger partial charge on any atom is -0.497 e. The summed E-state index contributed by atoms with van der Waals surface area (Å²) in [5.41, 5.74) is 6.08. The first-order valence-corrected chi connectivity index (χ1v) is 5.15. The molecule has 0 spiro atoms. The van der Waals surface area contributed by atoms with Crippen LogP contribution in [0.5, 0.6) is 11.5 Å². The number of rotatable bonds is 4. The number of nitrogens with zero attached hydrogens (tertiary/aromatic N) is 2. The molecular weight excluding hydrogens is 222 g/mol. The predicted molar refractivity (Wildman–Crippen MR) is 61.9 cm³/mol. The molecule has 2 aromatic rings. The van der Waals surface area contributed by atoms with E-state index >= 15 is 0 Å². The highest BCUT2D eigenvalue weighted by Gasteiger charge is 2.14. The fourth-order valence-electron chi connectivity index (χ4n) is 1.43. The zero-order valence-electron chi connectivity index (χ0n) is 9.64. The van der Waals surface area contributed by atoms with Gasteiger partial charge in [0.2, 0.25) is 0 Å². The molecule has 1 heterocycles. The number of hydrogen-bond acceptors (Lipinski definition) is 6. The van der Waals surface area contributed by atoms with Gasteiger partial charge in [-0.2, -0.15) is 4.98 Å². The van der Waals surface area contributed by atoms with Crippen molar-refractivity contribution in [1.29, 1.82) is 0 Å². The van der Waals surface area contributed by atoms with Crippen LogP contribution < -0.4 is 15.2 Å². The normalized spacial score (nSPS) is 10.2. The lowest BCUT2D eigenvalue weighted by Gasteiger charge is -2.08. The molecule has 0 saturated carbocycles. The van der Waals surface area contributed by atoms with Crippen molar-refractivity contribution in [1.82, 2.24) is 10.1 Å². The van der Waals surface area contributed by atoms with Crippen molar-refractivity contribution in [3.05, 3.63) is 18.2 Å². The Labute approximate surface area is 98.3 Å². The Bertz CT molecular complexity index is 510. The van der Waals surface area contributed by atoms with E-state index in [4.69, 9.17) is 19.7 Å². The largest absolute Gasteiger partial charge is 0.497 e. The van der Waals surface area contributed by atoms with E-state index < -0.39 is 0 Å². The summed E-state index contributed by atoms with van der Waals surface area (Å²) >= 11 is 0. The van der Waals surface area contributed by atoms with Gasteiger partial charge in [-0.1, -0.05) is 0 Å². The van der Waals surface area contributed by atoms with E-state index in [-0.39, 0.29) is 5.95 Å². The van der Waals surface area contributed by atoms with Crippen molar-refractivity contribution in [2.75, 3.05) is 19.5 Å². The Morgan fingerprint density at radius 1 is 1.41 bits per heavy atom. The molecule has 1 aromatic carbocycles. The third kappa shape index (κ3) is 2.30. The Kier molecular flexibility index (Phi) is 3.13. The van der Waals surface area contributed by atoms with Crippen LogP contribution in [-0.4, -0.2) is 23.9 Å². The van der Waals surface area contributed by atoms with E-state index in [0.717, 1.165) is 0 Å². The number of nitrogen functional groups attached to an aromatic ring is 1. The van der Waals surface area contributed by atoms with Crippen LogP contribution in [0.4, 0.5) is 5.95 Å². The van der Waals surface area contributed by atoms with Gasteiger partial charge in [0.15, 0.2) is 0 Å². The van der Waals surface area contributed by atoms with Gasteiger partial charge in [-0.05, 0) is 30.3 Å². The average Bonchev–Trinajstić information content (AvgIpc) is 2.77. The van der Waals surface area contributed by atoms with E-state index in [2.05, 4.69) is 10.1 Å². The summed E-state index contributed by atoms with van der Waals surface area (Å²) in [5.74, 6) is 1.73. The smallest absolute Gasteiger partial charge is 0.263 e. The molecule has 2 rings (SSSR count). The topological polar surface area (TPSA) is 83.4 Å². The molecule has 0 saturated heterocycles. The Balaban J connectivity index is 2.48. The predicted octanol–water partition coefficient (Wildman–Crippen LogP) is 1.73. The number of methoxy groups -OCH3 is 1. The average molecular weight is 235 g/mol. The fraction of sp³-hybridized carbons (Fsp3) is 0.273. The van der Waals surface area contributed by atoms with Gasteiger partial charge in [-0.15, -0.1) is 0 Å². The summed E-state index contributed by atoms with van der Waals surface area (Å²) in [6, 6.07) is 5.35. The third-order valence-corrected chi connectivity index (χ3v) is 2.16. The number of ether oxygens (including phenoxy) is 2. The Hall–Kier alpha value is -2.24. The second-order valence-electron chi connectivity index (χ2n) is 3.25. The molecule has 0 atom stereocenters. The molecular formula is C11H13N3O3. The molecule has 0 radical (unpaired) electrons. The maximum absolute atomic E-state index is 5.48. The van der Waals surface area contributed by atoms with E-state index in [1.165, 1.54) is 0 Å². The zero-order valence-corrected chi connectivity index (χ0v) is 9.64. The Morgan fingerprint density at radius 2 is 2.24 bits per heavy atom. The number of nitrogens with two attached hydrogens (primary N) is 1. The summed E-state index contributed by atoms with van der Waals surface area (Å²) in [6.07, 6.45) is 0. The number of benzene rings is 1. The van der Waals surface area contributed by atoms with E-state index in [1.54, 1.807) is 25.3 Å². The van der Waals surface area contributed by atoms with Crippen LogP contribution in [0.3, 0.4) is 0 Å². The molecule has 0 aliphatic rings. The molecule has 0 aliphatic carbocycles. The first-order chi connectivity index (χ1) is 8.24. The fourth-order valence-corrected chi connectivity index (χ4v) is 1.43. The number of aromatic nitrogens is 2. The van der Waals surface area contributed by atoms with E-state index in [0.29, 0.717) is 29.6 Å². The monoisotopic (exact) mass is 235 g/mol. The van der Waals surface area contributed by atoms with Gasteiger partial charge in [-0.25, -0.2) is 0 Å². The van der Waals surface area contributed by atoms with Crippen molar-refractivity contribution < 1.29 is 14.0 Å². The first-order valence-electron chi connectivity index (χ1n) is 5.15. The molecule has 1 aromatic heterocycles. The minimum absolute atomic E-state index is 0.0882. The molecule has 0 aliphatic heterocycles. The molecule has 6 heteroatoms. The van der Waals surface area contributed by atoms with Crippen LogP contribution in [0, 0.1) is 0 Å². The SMILES string of the molecule is CCOc1ccc(OC)cc1-c1nc(N)no1. The standard InChI is InChI=1S/C11H13N3O3/c1-3-16-9-5-4-7(15-2)6-8(9)10-13-11(12)14-17-10/h4-6H,3H2,1-2H3,(H2,12,14). The quantitative estimate of drug-likeness (QED) is 0.868. The van der Waals surface area contributed by atoms with E-state index in [1.807, 2.05) is 6.92 Å². The summed E-state index contributed by atoms with van der Waals surface area (Å²) in [5, 5.41) is 3.55. The van der Waals surface area contributed by atoms with Gasteiger partial charge in [0, 0.05) is 0 Å². The van der Waals surface area contributed by atoms with Crippen molar-refractivity contribution >= 4 is 5.95 Å². The van der Waals surface area contributed by atoms with Gasteiger partial charge < -0.3 is 19.7 Å². The molecule has 0 fully saturated rings. The highest BCUT2D eigenvalue weighted by atomic mass is 16.5. The lowest BCUT2D eigenvalue weighted by atomic mass is 10.2. The van der Waals surface area contributed by atoms with Gasteiger partial charge in [0.05, 0.1) is 19.3 Å². The molecule has 17 heavy (non-hydrogen) atoms. The molecule has 2 N–H and O–H groups in total. The van der Waals surface area contributed by atoms with Crippen LogP contribution in [-0.2, 0) is 0 Å². The highest BCUT2D eigenvalue weighted by molar-refractivity contribution is 5.65. The van der Waals surface area contributed by atoms with Crippen LogP contribution in [0.2, 0.25) is 0 Å². The number of anilines is 1. The van der Waals surface area contributed by atoms with Crippen molar-refractivity contribution in [2.45, 2.75) is 6.92 Å². The molecule has 90 valence electrons. The maximum atomic E-state index is 5.48.